The predicted molar refractivity (Wildman–Crippen MR) is 95.1 cm³/mol. The maximum absolute atomic E-state index is 12.3. The molecule has 2 aromatic rings. The summed E-state index contributed by atoms with van der Waals surface area (Å²) in [6, 6.07) is 9.53. The summed E-state index contributed by atoms with van der Waals surface area (Å²) >= 11 is 0. The maximum Gasteiger partial charge on any atom is 0.308 e. The van der Waals surface area contributed by atoms with Crippen LogP contribution in [0, 0.1) is 0 Å². The van der Waals surface area contributed by atoms with Crippen LogP contribution in [-0.4, -0.2) is 24.3 Å². The van der Waals surface area contributed by atoms with Gasteiger partial charge in [0.2, 0.25) is 0 Å². The fourth-order valence-corrected chi connectivity index (χ4v) is 1.97. The monoisotopic (exact) mass is 354 g/mol. The van der Waals surface area contributed by atoms with Crippen LogP contribution in [-0.2, 0) is 9.59 Å². The van der Waals surface area contributed by atoms with Crippen LogP contribution >= 0.6 is 0 Å². The molecule has 2 amide bonds. The van der Waals surface area contributed by atoms with Gasteiger partial charge in [0.25, 0.3) is 11.8 Å². The molecule has 0 radical (unpaired) electrons. The molecule has 0 fully saturated rings. The number of hydrogen-bond donors (Lipinski definition) is 2. The van der Waals surface area contributed by atoms with Crippen molar-refractivity contribution in [1.29, 1.82) is 0 Å². The summed E-state index contributed by atoms with van der Waals surface area (Å²) in [6.07, 6.45) is 4.39. The van der Waals surface area contributed by atoms with Gasteiger partial charge in [-0.2, -0.15) is 0 Å². The first-order valence-electron chi connectivity index (χ1n) is 7.73. The fraction of sp³-hybridized carbons (Fsp3) is 0.105. The van der Waals surface area contributed by atoms with Crippen molar-refractivity contribution in [3.8, 4) is 5.75 Å². The highest BCUT2D eigenvalue weighted by molar-refractivity contribution is 6.04. The molecule has 1 aromatic heterocycles. The van der Waals surface area contributed by atoms with Gasteiger partial charge >= 0.3 is 5.97 Å². The topological polar surface area (TPSA) is 97.6 Å². The van der Waals surface area contributed by atoms with E-state index < -0.39 is 17.8 Å². The number of hydrogen-bond acceptors (Lipinski definition) is 5. The summed E-state index contributed by atoms with van der Waals surface area (Å²) in [5, 5.41) is 5.12. The van der Waals surface area contributed by atoms with Gasteiger partial charge in [0.15, 0.2) is 5.76 Å². The first kappa shape index (κ1) is 18.7. The summed E-state index contributed by atoms with van der Waals surface area (Å²) in [7, 11) is 0. The number of carbonyl (C=O) groups excluding carboxylic acids is 3. The second kappa shape index (κ2) is 9.03. The number of carbonyl (C=O) groups is 3. The summed E-state index contributed by atoms with van der Waals surface area (Å²) in [6.45, 7) is 5.09. The second-order valence-corrected chi connectivity index (χ2v) is 5.15. The summed E-state index contributed by atoms with van der Waals surface area (Å²) in [5.74, 6) is -0.992. The molecule has 134 valence electrons. The Morgan fingerprint density at radius 2 is 1.92 bits per heavy atom. The molecule has 0 saturated heterocycles. The first-order chi connectivity index (χ1) is 12.5. The molecule has 0 atom stereocenters. The summed E-state index contributed by atoms with van der Waals surface area (Å²) in [4.78, 5) is 35.4. The largest absolute Gasteiger partial charge is 0.459 e. The minimum atomic E-state index is -0.550. The zero-order valence-electron chi connectivity index (χ0n) is 14.2. The zero-order chi connectivity index (χ0) is 18.9. The molecule has 2 rings (SSSR count). The number of nitrogens with one attached hydrogen (secondary N) is 2. The second-order valence-electron chi connectivity index (χ2n) is 5.15. The van der Waals surface area contributed by atoms with Crippen molar-refractivity contribution in [1.82, 2.24) is 10.6 Å². The van der Waals surface area contributed by atoms with E-state index in [1.54, 1.807) is 30.3 Å². The molecule has 0 bridgehead atoms. The van der Waals surface area contributed by atoms with Gasteiger partial charge in [-0.15, -0.1) is 6.58 Å². The van der Waals surface area contributed by atoms with E-state index in [2.05, 4.69) is 17.2 Å². The van der Waals surface area contributed by atoms with Crippen molar-refractivity contribution in [3.05, 3.63) is 72.3 Å². The lowest BCUT2D eigenvalue weighted by Crippen LogP contribution is -2.34. The van der Waals surface area contributed by atoms with Gasteiger partial charge in [-0.3, -0.25) is 14.4 Å². The smallest absolute Gasteiger partial charge is 0.308 e. The third kappa shape index (κ3) is 5.48. The Labute approximate surface area is 150 Å². The highest BCUT2D eigenvalue weighted by atomic mass is 16.5. The quantitative estimate of drug-likeness (QED) is 0.344. The SMILES string of the molecule is C=CCNC(=O)/C(=C\c1ccc(OC(C)=O)cc1)NC(=O)c1ccco1. The van der Waals surface area contributed by atoms with Gasteiger partial charge in [0, 0.05) is 13.5 Å². The van der Waals surface area contributed by atoms with Crippen molar-refractivity contribution in [2.45, 2.75) is 6.92 Å². The molecule has 2 N–H and O–H groups in total. The van der Waals surface area contributed by atoms with Crippen LogP contribution in [0.5, 0.6) is 5.75 Å². The van der Waals surface area contributed by atoms with Crippen LogP contribution in [0.1, 0.15) is 23.0 Å². The first-order valence-corrected chi connectivity index (χ1v) is 7.73. The standard InChI is InChI=1S/C19H18N2O5/c1-3-10-20-18(23)16(21-19(24)17-5-4-11-25-17)12-14-6-8-15(9-7-14)26-13(2)22/h3-9,11-12H,1,10H2,2H3,(H,20,23)(H,21,24)/b16-12+. The Balaban J connectivity index is 2.22. The van der Waals surface area contributed by atoms with Gasteiger partial charge in [-0.25, -0.2) is 0 Å². The minimum Gasteiger partial charge on any atom is -0.459 e. The van der Waals surface area contributed by atoms with Crippen LogP contribution in [0.2, 0.25) is 0 Å². The Hall–Kier alpha value is -3.61. The van der Waals surface area contributed by atoms with Crippen molar-refractivity contribution < 1.29 is 23.5 Å². The molecule has 0 spiro atoms. The average Bonchev–Trinajstić information content (AvgIpc) is 3.15. The van der Waals surface area contributed by atoms with E-state index in [0.29, 0.717) is 11.3 Å². The van der Waals surface area contributed by atoms with E-state index in [0.717, 1.165) is 0 Å². The number of amides is 2. The third-order valence-electron chi connectivity index (χ3n) is 3.10. The molecular weight excluding hydrogens is 336 g/mol. The molecular formula is C19H18N2O5. The van der Waals surface area contributed by atoms with Crippen LogP contribution in [0.4, 0.5) is 0 Å². The van der Waals surface area contributed by atoms with E-state index in [9.17, 15) is 14.4 Å². The van der Waals surface area contributed by atoms with Crippen LogP contribution < -0.4 is 15.4 Å². The average molecular weight is 354 g/mol. The van der Waals surface area contributed by atoms with E-state index in [-0.39, 0.29) is 18.0 Å². The van der Waals surface area contributed by atoms with E-state index >= 15 is 0 Å². The van der Waals surface area contributed by atoms with Crippen molar-refractivity contribution in [3.63, 3.8) is 0 Å². The Bertz CT molecular complexity index is 820. The molecule has 7 heteroatoms. The van der Waals surface area contributed by atoms with Crippen LogP contribution in [0.15, 0.2) is 65.4 Å². The lowest BCUT2D eigenvalue weighted by molar-refractivity contribution is -0.131. The molecule has 0 aliphatic heterocycles. The highest BCUT2D eigenvalue weighted by Crippen LogP contribution is 2.15. The Morgan fingerprint density at radius 3 is 2.50 bits per heavy atom. The van der Waals surface area contributed by atoms with Crippen molar-refractivity contribution in [2.75, 3.05) is 6.54 Å². The number of rotatable bonds is 7. The van der Waals surface area contributed by atoms with Gasteiger partial charge in [-0.1, -0.05) is 18.2 Å². The van der Waals surface area contributed by atoms with Gasteiger partial charge in [-0.05, 0) is 35.9 Å². The summed E-state index contributed by atoms with van der Waals surface area (Å²) in [5.41, 5.74) is 0.665. The highest BCUT2D eigenvalue weighted by Gasteiger charge is 2.15. The van der Waals surface area contributed by atoms with Gasteiger partial charge in [0.05, 0.1) is 6.26 Å². The summed E-state index contributed by atoms with van der Waals surface area (Å²) < 4.78 is 9.98. The molecule has 26 heavy (non-hydrogen) atoms. The van der Waals surface area contributed by atoms with Crippen LogP contribution in [0.25, 0.3) is 6.08 Å². The lowest BCUT2D eigenvalue weighted by Gasteiger charge is -2.09. The Kier molecular flexibility index (Phi) is 6.50. The predicted octanol–water partition coefficient (Wildman–Crippen LogP) is 2.28. The molecule has 1 aromatic carbocycles. The lowest BCUT2D eigenvalue weighted by atomic mass is 10.1. The Morgan fingerprint density at radius 1 is 1.19 bits per heavy atom. The van der Waals surface area contributed by atoms with Crippen LogP contribution in [0.3, 0.4) is 0 Å². The maximum atomic E-state index is 12.3. The number of benzene rings is 1. The van der Waals surface area contributed by atoms with Gasteiger partial charge < -0.3 is 19.8 Å². The fourth-order valence-electron chi connectivity index (χ4n) is 1.97. The van der Waals surface area contributed by atoms with E-state index in [4.69, 9.17) is 9.15 Å². The number of furan rings is 1. The zero-order valence-corrected chi connectivity index (χ0v) is 14.2. The molecule has 0 aliphatic carbocycles. The van der Waals surface area contributed by atoms with Crippen molar-refractivity contribution >= 4 is 23.9 Å². The normalized spacial score (nSPS) is 10.7. The van der Waals surface area contributed by atoms with E-state index in [1.165, 1.54) is 31.4 Å². The van der Waals surface area contributed by atoms with Gasteiger partial charge in [0.1, 0.15) is 11.4 Å². The van der Waals surface area contributed by atoms with E-state index in [1.807, 2.05) is 0 Å². The molecule has 1 heterocycles. The third-order valence-corrected chi connectivity index (χ3v) is 3.10. The number of ether oxygens (including phenoxy) is 1. The molecule has 0 aliphatic rings. The number of esters is 1. The molecule has 7 nitrogen and oxygen atoms in total. The molecule has 0 saturated carbocycles. The minimum absolute atomic E-state index is 0.0356. The van der Waals surface area contributed by atoms with Crippen molar-refractivity contribution in [2.24, 2.45) is 0 Å². The molecule has 0 unspecified atom stereocenters.